The van der Waals surface area contributed by atoms with Crippen molar-refractivity contribution in [2.75, 3.05) is 27.4 Å². The molecule has 6 nitrogen and oxygen atoms in total. The molecule has 0 saturated carbocycles. The van der Waals surface area contributed by atoms with Gasteiger partial charge in [0.25, 0.3) is 7.82 Å². The number of phosphoric acid groups is 1. The molecule has 1 N–H and O–H groups in total. The second-order valence-electron chi connectivity index (χ2n) is 7.55. The van der Waals surface area contributed by atoms with E-state index in [0.29, 0.717) is 13.0 Å². The van der Waals surface area contributed by atoms with E-state index in [4.69, 9.17) is 14.2 Å². The third-order valence-electron chi connectivity index (χ3n) is 4.98. The minimum Gasteiger partial charge on any atom is -0.756 e. The van der Waals surface area contributed by atoms with Crippen molar-refractivity contribution >= 4 is 18.6 Å². The van der Waals surface area contributed by atoms with Gasteiger partial charge < -0.3 is 14.5 Å². The largest absolute Gasteiger partial charge is 0.756 e. The molecule has 0 fully saturated rings. The summed E-state index contributed by atoms with van der Waals surface area (Å²) < 4.78 is 22.1. The van der Waals surface area contributed by atoms with Gasteiger partial charge in [0.2, 0.25) is 0 Å². The molecule has 0 aromatic heterocycles. The first kappa shape index (κ1) is 21.5. The van der Waals surface area contributed by atoms with E-state index in [1.54, 1.807) is 0 Å². The van der Waals surface area contributed by atoms with Crippen LogP contribution in [-0.4, -0.2) is 36.8 Å². The maximum atomic E-state index is 11.1. The summed E-state index contributed by atoms with van der Waals surface area (Å²) in [4.78, 5) is 20.1. The Morgan fingerprint density at radius 1 is 1.00 bits per heavy atom. The quantitative estimate of drug-likeness (QED) is 0.326. The molecule has 29 heavy (non-hydrogen) atoms. The molecule has 0 saturated heterocycles. The summed E-state index contributed by atoms with van der Waals surface area (Å²) in [6, 6.07) is 23.7. The fraction of sp³-hybridized carbons (Fsp3) is 0.273. The van der Waals surface area contributed by atoms with Crippen LogP contribution in [0.25, 0.3) is 10.8 Å². The van der Waals surface area contributed by atoms with Crippen LogP contribution < -0.4 is 9.63 Å². The lowest BCUT2D eigenvalue weighted by atomic mass is 10.0. The van der Waals surface area contributed by atoms with E-state index in [9.17, 15) is 9.46 Å². The molecule has 0 bridgehead atoms. The van der Waals surface area contributed by atoms with Crippen molar-refractivity contribution in [3.05, 3.63) is 78.4 Å². The van der Waals surface area contributed by atoms with Gasteiger partial charge in [0.1, 0.15) is 11.8 Å². The third-order valence-corrected chi connectivity index (χ3v) is 5.42. The van der Waals surface area contributed by atoms with Crippen molar-refractivity contribution < 1.29 is 28.1 Å². The average Bonchev–Trinajstić information content (AvgIpc) is 2.70. The number of nitrogens with zero attached hydrogens (tertiary/aromatic N) is 1. The molecule has 2 atom stereocenters. The molecule has 0 aliphatic rings. The van der Waals surface area contributed by atoms with Crippen LogP contribution in [0.1, 0.15) is 18.0 Å². The maximum Gasteiger partial charge on any atom is 0.269 e. The third kappa shape index (κ3) is 5.89. The number of benzene rings is 3. The molecule has 3 rings (SSSR count). The highest BCUT2D eigenvalue weighted by atomic mass is 31.2. The van der Waals surface area contributed by atoms with E-state index in [-0.39, 0.29) is 17.3 Å². The number of rotatable bonds is 9. The highest BCUT2D eigenvalue weighted by Crippen LogP contribution is 2.35. The zero-order valence-electron chi connectivity index (χ0n) is 16.6. The monoisotopic (exact) mass is 415 g/mol. The first-order valence-corrected chi connectivity index (χ1v) is 10.9. The van der Waals surface area contributed by atoms with Crippen molar-refractivity contribution in [3.8, 4) is 5.75 Å². The molecular formula is C22H26NO5P. The highest BCUT2D eigenvalue weighted by Gasteiger charge is 2.31. The second kappa shape index (κ2) is 9.08. The molecule has 3 aromatic rings. The van der Waals surface area contributed by atoms with Gasteiger partial charge in [0, 0.05) is 17.4 Å². The van der Waals surface area contributed by atoms with Crippen LogP contribution in [0.15, 0.2) is 72.8 Å². The van der Waals surface area contributed by atoms with Crippen LogP contribution >= 0.6 is 7.82 Å². The van der Waals surface area contributed by atoms with Gasteiger partial charge in [0.05, 0.1) is 20.7 Å². The average molecular weight is 415 g/mol. The van der Waals surface area contributed by atoms with E-state index in [0.717, 1.165) is 22.1 Å². The molecule has 3 aromatic carbocycles. The predicted molar refractivity (Wildman–Crippen MR) is 111 cm³/mol. The molecule has 0 heterocycles. The van der Waals surface area contributed by atoms with E-state index >= 15 is 0 Å². The fourth-order valence-corrected chi connectivity index (χ4v) is 3.95. The second-order valence-corrected chi connectivity index (χ2v) is 8.74. The summed E-state index contributed by atoms with van der Waals surface area (Å²) in [5.74, 6) is 0.816. The summed E-state index contributed by atoms with van der Waals surface area (Å²) in [5.41, 5.74) is 1.04. The number of ether oxygens (including phenoxy) is 1. The Labute approximate surface area is 171 Å². The zero-order valence-corrected chi connectivity index (χ0v) is 17.5. The van der Waals surface area contributed by atoms with Gasteiger partial charge in [-0.3, -0.25) is 13.6 Å². The first-order valence-electron chi connectivity index (χ1n) is 9.43. The molecule has 0 aliphatic heterocycles. The highest BCUT2D eigenvalue weighted by molar-refractivity contribution is 7.44. The molecular weight excluding hydrogens is 389 g/mol. The number of fused-ring (bicyclic) bond motifs is 1. The molecule has 0 spiro atoms. The van der Waals surface area contributed by atoms with Crippen LogP contribution in [-0.2, 0) is 9.09 Å². The summed E-state index contributed by atoms with van der Waals surface area (Å²) in [5, 5.41) is 2.17. The van der Waals surface area contributed by atoms with Crippen molar-refractivity contribution in [2.24, 2.45) is 0 Å². The van der Waals surface area contributed by atoms with E-state index in [2.05, 4.69) is 0 Å². The van der Waals surface area contributed by atoms with Crippen LogP contribution in [0.5, 0.6) is 5.75 Å². The molecule has 154 valence electrons. The molecule has 7 heteroatoms. The minimum atomic E-state index is -4.79. The number of phosphoric ester groups is 1. The van der Waals surface area contributed by atoms with Gasteiger partial charge in [0.15, 0.2) is 6.73 Å². The Balaban J connectivity index is 1.76. The summed E-state index contributed by atoms with van der Waals surface area (Å²) >= 11 is 0. The SMILES string of the molecule is C[N+](C)(COP(=O)([O-])O)C(CCOc1cccc2ccccc12)c1ccccc1. The van der Waals surface area contributed by atoms with Gasteiger partial charge in [-0.25, -0.2) is 0 Å². The molecule has 0 aliphatic carbocycles. The molecule has 0 radical (unpaired) electrons. The van der Waals surface area contributed by atoms with Gasteiger partial charge >= 0.3 is 0 Å². The minimum absolute atomic E-state index is 0.0854. The Hall–Kier alpha value is -2.21. The van der Waals surface area contributed by atoms with Crippen LogP contribution in [0.3, 0.4) is 0 Å². The summed E-state index contributed by atoms with van der Waals surface area (Å²) in [7, 11) is -1.06. The first-order chi connectivity index (χ1) is 13.8. The van der Waals surface area contributed by atoms with Crippen molar-refractivity contribution in [1.29, 1.82) is 0 Å². The van der Waals surface area contributed by atoms with E-state index in [1.807, 2.05) is 86.9 Å². The Morgan fingerprint density at radius 2 is 1.66 bits per heavy atom. The zero-order chi connectivity index (χ0) is 20.9. The van der Waals surface area contributed by atoms with Crippen LogP contribution in [0.4, 0.5) is 0 Å². The van der Waals surface area contributed by atoms with Crippen molar-refractivity contribution in [3.63, 3.8) is 0 Å². The topological polar surface area (TPSA) is 78.8 Å². The Kier molecular flexibility index (Phi) is 6.73. The number of quaternary nitrogens is 1. The standard InChI is InChI=1S/C22H26NO5P/c1-23(2,17-28-29(24,25)26)21(19-10-4-3-5-11-19)15-16-27-22-14-8-12-18-9-6-7-13-20(18)22/h3-14,21H,15-17H2,1-2H3,(H-,24,25,26). The van der Waals surface area contributed by atoms with Crippen molar-refractivity contribution in [2.45, 2.75) is 12.5 Å². The lowest BCUT2D eigenvalue weighted by Crippen LogP contribution is -2.45. The summed E-state index contributed by atoms with van der Waals surface area (Å²) in [6.45, 7) is 0.272. The van der Waals surface area contributed by atoms with Gasteiger partial charge in [-0.2, -0.15) is 0 Å². The van der Waals surface area contributed by atoms with Gasteiger partial charge in [-0.05, 0) is 11.5 Å². The number of hydrogen-bond acceptors (Lipinski definition) is 4. The van der Waals surface area contributed by atoms with E-state index < -0.39 is 7.82 Å². The lowest BCUT2D eigenvalue weighted by molar-refractivity contribution is -0.936. The normalized spacial score (nSPS) is 15.0. The van der Waals surface area contributed by atoms with Gasteiger partial charge in [-0.1, -0.05) is 66.7 Å². The molecule has 0 amide bonds. The van der Waals surface area contributed by atoms with E-state index in [1.165, 1.54) is 0 Å². The van der Waals surface area contributed by atoms with Crippen LogP contribution in [0, 0.1) is 0 Å². The summed E-state index contributed by atoms with van der Waals surface area (Å²) in [6.07, 6.45) is 0.637. The van der Waals surface area contributed by atoms with Crippen LogP contribution in [0.2, 0.25) is 0 Å². The Morgan fingerprint density at radius 3 is 2.38 bits per heavy atom. The maximum absolute atomic E-state index is 11.1. The predicted octanol–water partition coefficient (Wildman–Crippen LogP) is 3.86. The lowest BCUT2D eigenvalue weighted by Gasteiger charge is -2.38. The fourth-order valence-electron chi connectivity index (χ4n) is 3.51. The molecule has 2 unspecified atom stereocenters. The smallest absolute Gasteiger partial charge is 0.269 e. The number of hydrogen-bond donors (Lipinski definition) is 1. The Bertz CT molecular complexity index is 981. The van der Waals surface area contributed by atoms with Gasteiger partial charge in [-0.15, -0.1) is 0 Å². The van der Waals surface area contributed by atoms with Crippen molar-refractivity contribution in [1.82, 2.24) is 0 Å².